The van der Waals surface area contributed by atoms with Crippen LogP contribution in [0.5, 0.6) is 11.5 Å². The summed E-state index contributed by atoms with van der Waals surface area (Å²) in [6.07, 6.45) is 1.57. The maximum Gasteiger partial charge on any atom is 0.295 e. The Morgan fingerprint density at radius 1 is 1.13 bits per heavy atom. The minimum absolute atomic E-state index is 0.0395. The number of nitrogens with zero attached hydrogens (tertiary/aromatic N) is 1. The number of hydrogen-bond donors (Lipinski definition) is 1. The van der Waals surface area contributed by atoms with Gasteiger partial charge < -0.3 is 24.2 Å². The molecule has 1 amide bonds. The molecular weight excluding hydrogens is 398 g/mol. The molecule has 0 saturated carbocycles. The summed E-state index contributed by atoms with van der Waals surface area (Å²) in [5, 5.41) is 11.1. The van der Waals surface area contributed by atoms with Gasteiger partial charge in [-0.3, -0.25) is 9.59 Å². The summed E-state index contributed by atoms with van der Waals surface area (Å²) >= 11 is 0. The summed E-state index contributed by atoms with van der Waals surface area (Å²) in [5.41, 5.74) is 1.10. The number of aliphatic hydroxyl groups excluding tert-OH is 1. The van der Waals surface area contributed by atoms with E-state index in [1.54, 1.807) is 49.6 Å². The van der Waals surface area contributed by atoms with Gasteiger partial charge in [0.1, 0.15) is 17.3 Å². The van der Waals surface area contributed by atoms with Crippen molar-refractivity contribution in [1.29, 1.82) is 0 Å². The molecule has 0 aromatic heterocycles. The standard InChI is InChI=1S/C24H25NO6/c1-29-16-10-11-18(19(13-16)30-2)21-20(22(26)15-7-4-3-5-8-15)23(27)24(28)25(21)14-17-9-6-12-31-17/h3-5,7-8,10-11,13,17,21,26H,6,9,12,14H2,1-2H3/t17-,21-/m1/s1. The van der Waals surface area contributed by atoms with Gasteiger partial charge in [-0.05, 0) is 25.0 Å². The molecule has 2 saturated heterocycles. The van der Waals surface area contributed by atoms with Crippen LogP contribution in [-0.2, 0) is 14.3 Å². The van der Waals surface area contributed by atoms with Gasteiger partial charge in [-0.1, -0.05) is 30.3 Å². The first kappa shape index (κ1) is 20.9. The first-order valence-corrected chi connectivity index (χ1v) is 10.2. The van der Waals surface area contributed by atoms with Gasteiger partial charge in [-0.2, -0.15) is 0 Å². The highest BCUT2D eigenvalue weighted by Crippen LogP contribution is 2.44. The minimum atomic E-state index is -0.801. The number of amides is 1. The number of methoxy groups -OCH3 is 2. The predicted octanol–water partition coefficient (Wildman–Crippen LogP) is 3.30. The quantitative estimate of drug-likeness (QED) is 0.436. The second kappa shape index (κ2) is 8.81. The van der Waals surface area contributed by atoms with Gasteiger partial charge in [0.2, 0.25) is 0 Å². The van der Waals surface area contributed by atoms with E-state index in [2.05, 4.69) is 0 Å². The normalized spacial score (nSPS) is 22.7. The van der Waals surface area contributed by atoms with E-state index < -0.39 is 17.7 Å². The number of aliphatic hydroxyl groups is 1. The molecule has 2 atom stereocenters. The Labute approximate surface area is 180 Å². The summed E-state index contributed by atoms with van der Waals surface area (Å²) in [6.45, 7) is 0.894. The third kappa shape index (κ3) is 3.88. The van der Waals surface area contributed by atoms with Crippen molar-refractivity contribution in [1.82, 2.24) is 4.90 Å². The number of ether oxygens (including phenoxy) is 3. The Morgan fingerprint density at radius 2 is 1.90 bits per heavy atom. The van der Waals surface area contributed by atoms with E-state index in [1.165, 1.54) is 12.0 Å². The largest absolute Gasteiger partial charge is 0.507 e. The molecule has 2 aliphatic heterocycles. The predicted molar refractivity (Wildman–Crippen MR) is 114 cm³/mol. The van der Waals surface area contributed by atoms with E-state index in [0.29, 0.717) is 29.2 Å². The lowest BCUT2D eigenvalue weighted by atomic mass is 9.94. The number of benzene rings is 2. The topological polar surface area (TPSA) is 85.3 Å². The summed E-state index contributed by atoms with van der Waals surface area (Å²) in [6, 6.07) is 13.1. The number of Topliss-reactive ketones (excluding diaryl/α,β-unsaturated/α-hetero) is 1. The molecule has 162 valence electrons. The molecule has 0 unspecified atom stereocenters. The van der Waals surface area contributed by atoms with Gasteiger partial charge in [-0.25, -0.2) is 0 Å². The van der Waals surface area contributed by atoms with Crippen molar-refractivity contribution in [3.8, 4) is 11.5 Å². The average Bonchev–Trinajstić information content (AvgIpc) is 3.41. The van der Waals surface area contributed by atoms with Crippen LogP contribution in [0.3, 0.4) is 0 Å². The molecule has 7 nitrogen and oxygen atoms in total. The fourth-order valence-electron chi connectivity index (χ4n) is 4.20. The Kier molecular flexibility index (Phi) is 5.95. The second-order valence-corrected chi connectivity index (χ2v) is 7.56. The van der Waals surface area contributed by atoms with Crippen LogP contribution >= 0.6 is 0 Å². The van der Waals surface area contributed by atoms with Crippen molar-refractivity contribution in [2.24, 2.45) is 0 Å². The van der Waals surface area contributed by atoms with Crippen LogP contribution in [-0.4, -0.2) is 55.2 Å². The van der Waals surface area contributed by atoms with E-state index in [-0.39, 0.29) is 24.0 Å². The summed E-state index contributed by atoms with van der Waals surface area (Å²) < 4.78 is 16.6. The van der Waals surface area contributed by atoms with Crippen LogP contribution in [0, 0.1) is 0 Å². The zero-order valence-electron chi connectivity index (χ0n) is 17.5. The number of likely N-dealkylation sites (tertiary alicyclic amines) is 1. The van der Waals surface area contributed by atoms with Gasteiger partial charge in [-0.15, -0.1) is 0 Å². The molecule has 31 heavy (non-hydrogen) atoms. The van der Waals surface area contributed by atoms with Crippen molar-refractivity contribution >= 4 is 17.4 Å². The molecule has 2 aromatic rings. The molecular formula is C24H25NO6. The molecule has 2 fully saturated rings. The summed E-state index contributed by atoms with van der Waals surface area (Å²) in [5.74, 6) is -0.544. The molecule has 4 rings (SSSR count). The fraction of sp³-hybridized carbons (Fsp3) is 0.333. The van der Waals surface area contributed by atoms with Gasteiger partial charge in [0, 0.05) is 30.3 Å². The molecule has 0 radical (unpaired) electrons. The zero-order chi connectivity index (χ0) is 22.0. The van der Waals surface area contributed by atoms with Crippen molar-refractivity contribution < 1.29 is 28.9 Å². The Balaban J connectivity index is 1.87. The molecule has 1 N–H and O–H groups in total. The molecule has 0 spiro atoms. The van der Waals surface area contributed by atoms with Gasteiger partial charge in [0.15, 0.2) is 0 Å². The highest BCUT2D eigenvalue weighted by atomic mass is 16.5. The summed E-state index contributed by atoms with van der Waals surface area (Å²) in [7, 11) is 3.06. The smallest absolute Gasteiger partial charge is 0.295 e. The molecule has 7 heteroatoms. The fourth-order valence-corrected chi connectivity index (χ4v) is 4.20. The molecule has 0 aliphatic carbocycles. The zero-order valence-corrected chi connectivity index (χ0v) is 17.5. The van der Waals surface area contributed by atoms with Crippen LogP contribution < -0.4 is 9.47 Å². The number of carbonyl (C=O) groups excluding carboxylic acids is 2. The first-order chi connectivity index (χ1) is 15.0. The van der Waals surface area contributed by atoms with Gasteiger partial charge in [0.05, 0.1) is 31.9 Å². The van der Waals surface area contributed by atoms with Crippen molar-refractivity contribution in [3.05, 3.63) is 65.2 Å². The SMILES string of the molecule is COc1ccc([C@@H]2C(=C(O)c3ccccc3)C(=O)C(=O)N2C[C@H]2CCCO2)c(OC)c1. The van der Waals surface area contributed by atoms with Crippen LogP contribution in [0.2, 0.25) is 0 Å². The highest BCUT2D eigenvalue weighted by Gasteiger charge is 2.48. The number of carbonyl (C=O) groups is 2. The Morgan fingerprint density at radius 3 is 2.55 bits per heavy atom. The third-order valence-corrected chi connectivity index (χ3v) is 5.75. The van der Waals surface area contributed by atoms with Gasteiger partial charge >= 0.3 is 0 Å². The van der Waals surface area contributed by atoms with Crippen molar-refractivity contribution in [3.63, 3.8) is 0 Å². The lowest BCUT2D eigenvalue weighted by molar-refractivity contribution is -0.140. The van der Waals surface area contributed by atoms with E-state index >= 15 is 0 Å². The van der Waals surface area contributed by atoms with E-state index in [0.717, 1.165) is 12.8 Å². The van der Waals surface area contributed by atoms with E-state index in [9.17, 15) is 14.7 Å². The first-order valence-electron chi connectivity index (χ1n) is 10.2. The molecule has 2 aliphatic rings. The molecule has 2 aromatic carbocycles. The lowest BCUT2D eigenvalue weighted by Crippen LogP contribution is -2.36. The highest BCUT2D eigenvalue weighted by molar-refractivity contribution is 6.46. The van der Waals surface area contributed by atoms with E-state index in [1.807, 2.05) is 6.07 Å². The van der Waals surface area contributed by atoms with E-state index in [4.69, 9.17) is 14.2 Å². The van der Waals surface area contributed by atoms with Crippen molar-refractivity contribution in [2.45, 2.75) is 25.0 Å². The minimum Gasteiger partial charge on any atom is -0.507 e. The number of ketones is 1. The van der Waals surface area contributed by atoms with Crippen LogP contribution in [0.25, 0.3) is 5.76 Å². The average molecular weight is 423 g/mol. The summed E-state index contributed by atoms with van der Waals surface area (Å²) in [4.78, 5) is 27.6. The number of hydrogen-bond acceptors (Lipinski definition) is 6. The molecule has 0 bridgehead atoms. The Hall–Kier alpha value is -3.32. The lowest BCUT2D eigenvalue weighted by Gasteiger charge is -2.28. The third-order valence-electron chi connectivity index (χ3n) is 5.75. The Bertz CT molecular complexity index is 1010. The van der Waals surface area contributed by atoms with Crippen LogP contribution in [0.15, 0.2) is 54.1 Å². The van der Waals surface area contributed by atoms with Crippen LogP contribution in [0.1, 0.15) is 30.0 Å². The maximum atomic E-state index is 13.1. The van der Waals surface area contributed by atoms with Crippen molar-refractivity contribution in [2.75, 3.05) is 27.4 Å². The second-order valence-electron chi connectivity index (χ2n) is 7.56. The van der Waals surface area contributed by atoms with Crippen LogP contribution in [0.4, 0.5) is 0 Å². The molecule has 2 heterocycles. The maximum absolute atomic E-state index is 13.1. The monoisotopic (exact) mass is 423 g/mol. The van der Waals surface area contributed by atoms with Gasteiger partial charge in [0.25, 0.3) is 11.7 Å². The number of rotatable bonds is 6.